The fraction of sp³-hybridized carbons (Fsp3) is 0.0625. The number of aromatic nitrogens is 2. The molecule has 0 aliphatic rings. The third-order valence-corrected chi connectivity index (χ3v) is 4.55. The van der Waals surface area contributed by atoms with E-state index >= 15 is 0 Å². The standard InChI is InChI=1S/C16H12ClN3O2S/c1-11-16(23-15-4-2-3-12(17)9-15)10-19(18-11)13-5-7-14(8-6-13)20(21)22/h2-10H,1H3. The predicted octanol–water partition coefficient (Wildman–Crippen LogP) is 4.89. The Morgan fingerprint density at radius 2 is 1.96 bits per heavy atom. The second kappa shape index (κ2) is 6.44. The second-order valence-electron chi connectivity index (χ2n) is 4.86. The van der Waals surface area contributed by atoms with Gasteiger partial charge in [0, 0.05) is 28.2 Å². The smallest absolute Gasteiger partial charge is 0.258 e. The maximum atomic E-state index is 10.7. The third-order valence-electron chi connectivity index (χ3n) is 3.20. The van der Waals surface area contributed by atoms with Gasteiger partial charge in [-0.1, -0.05) is 29.4 Å². The van der Waals surface area contributed by atoms with Crippen molar-refractivity contribution in [2.75, 3.05) is 0 Å². The maximum absolute atomic E-state index is 10.7. The zero-order chi connectivity index (χ0) is 16.4. The first kappa shape index (κ1) is 15.6. The van der Waals surface area contributed by atoms with E-state index in [1.807, 2.05) is 37.4 Å². The average Bonchev–Trinajstić information content (AvgIpc) is 2.88. The molecule has 0 spiro atoms. The number of nitro groups is 1. The van der Waals surface area contributed by atoms with E-state index in [-0.39, 0.29) is 5.69 Å². The van der Waals surface area contributed by atoms with Crippen molar-refractivity contribution in [3.05, 3.63) is 75.6 Å². The van der Waals surface area contributed by atoms with Crippen molar-refractivity contribution in [3.8, 4) is 5.69 Å². The zero-order valence-electron chi connectivity index (χ0n) is 12.1. The molecule has 0 saturated heterocycles. The Labute approximate surface area is 142 Å². The van der Waals surface area contributed by atoms with E-state index in [1.165, 1.54) is 12.1 Å². The lowest BCUT2D eigenvalue weighted by molar-refractivity contribution is -0.384. The Balaban J connectivity index is 1.87. The van der Waals surface area contributed by atoms with Crippen LogP contribution in [0.25, 0.3) is 5.69 Å². The number of benzene rings is 2. The molecule has 0 amide bonds. The quantitative estimate of drug-likeness (QED) is 0.498. The van der Waals surface area contributed by atoms with Crippen LogP contribution >= 0.6 is 23.4 Å². The molecule has 3 aromatic rings. The van der Waals surface area contributed by atoms with E-state index in [9.17, 15) is 10.1 Å². The second-order valence-corrected chi connectivity index (χ2v) is 6.41. The number of halogens is 1. The summed E-state index contributed by atoms with van der Waals surface area (Å²) in [7, 11) is 0. The minimum atomic E-state index is -0.418. The van der Waals surface area contributed by atoms with Crippen LogP contribution in [0.5, 0.6) is 0 Å². The SMILES string of the molecule is Cc1nn(-c2ccc([N+](=O)[O-])cc2)cc1Sc1cccc(Cl)c1. The summed E-state index contributed by atoms with van der Waals surface area (Å²) in [6, 6.07) is 13.9. The van der Waals surface area contributed by atoms with Gasteiger partial charge < -0.3 is 0 Å². The van der Waals surface area contributed by atoms with Crippen LogP contribution in [0, 0.1) is 17.0 Å². The van der Waals surface area contributed by atoms with Gasteiger partial charge in [-0.05, 0) is 37.3 Å². The lowest BCUT2D eigenvalue weighted by Crippen LogP contribution is -1.95. The first-order valence-electron chi connectivity index (χ1n) is 6.77. The summed E-state index contributed by atoms with van der Waals surface area (Å²) in [6.45, 7) is 1.93. The van der Waals surface area contributed by atoms with E-state index in [1.54, 1.807) is 28.6 Å². The predicted molar refractivity (Wildman–Crippen MR) is 90.5 cm³/mol. The molecule has 3 rings (SSSR count). The fourth-order valence-electron chi connectivity index (χ4n) is 2.06. The highest BCUT2D eigenvalue weighted by atomic mass is 35.5. The number of hydrogen-bond acceptors (Lipinski definition) is 4. The van der Waals surface area contributed by atoms with Gasteiger partial charge in [0.25, 0.3) is 5.69 Å². The summed E-state index contributed by atoms with van der Waals surface area (Å²) in [5.41, 5.74) is 1.72. The Bertz CT molecular complexity index is 862. The highest BCUT2D eigenvalue weighted by Gasteiger charge is 2.10. The van der Waals surface area contributed by atoms with Crippen molar-refractivity contribution >= 4 is 29.1 Å². The number of non-ortho nitro benzene ring substituents is 1. The maximum Gasteiger partial charge on any atom is 0.269 e. The molecule has 116 valence electrons. The number of nitrogens with zero attached hydrogens (tertiary/aromatic N) is 3. The van der Waals surface area contributed by atoms with E-state index in [0.29, 0.717) is 5.02 Å². The Morgan fingerprint density at radius 3 is 2.61 bits per heavy atom. The van der Waals surface area contributed by atoms with Gasteiger partial charge in [0.05, 0.1) is 21.2 Å². The zero-order valence-corrected chi connectivity index (χ0v) is 13.7. The summed E-state index contributed by atoms with van der Waals surface area (Å²) in [5.74, 6) is 0. The molecular weight excluding hydrogens is 334 g/mol. The molecule has 2 aromatic carbocycles. The van der Waals surface area contributed by atoms with Gasteiger partial charge in [-0.2, -0.15) is 5.10 Å². The van der Waals surface area contributed by atoms with Crippen molar-refractivity contribution < 1.29 is 4.92 Å². The fourth-order valence-corrected chi connectivity index (χ4v) is 3.24. The van der Waals surface area contributed by atoms with Gasteiger partial charge in [0.15, 0.2) is 0 Å². The molecule has 0 fully saturated rings. The van der Waals surface area contributed by atoms with Crippen molar-refractivity contribution in [2.45, 2.75) is 16.7 Å². The number of rotatable bonds is 4. The molecule has 0 aliphatic heterocycles. The van der Waals surface area contributed by atoms with Crippen LogP contribution in [0.4, 0.5) is 5.69 Å². The first-order valence-corrected chi connectivity index (χ1v) is 7.97. The number of nitro benzene ring substituents is 1. The Hall–Kier alpha value is -2.31. The summed E-state index contributed by atoms with van der Waals surface area (Å²) in [4.78, 5) is 12.3. The average molecular weight is 346 g/mol. The van der Waals surface area contributed by atoms with Crippen molar-refractivity contribution in [1.29, 1.82) is 0 Å². The molecule has 0 atom stereocenters. The van der Waals surface area contributed by atoms with Crippen molar-refractivity contribution in [1.82, 2.24) is 9.78 Å². The van der Waals surface area contributed by atoms with Crippen LogP contribution in [-0.4, -0.2) is 14.7 Å². The molecule has 0 aliphatic carbocycles. The summed E-state index contributed by atoms with van der Waals surface area (Å²) in [5, 5.41) is 15.9. The largest absolute Gasteiger partial charge is 0.269 e. The number of aryl methyl sites for hydroxylation is 1. The summed E-state index contributed by atoms with van der Waals surface area (Å²) < 4.78 is 1.71. The van der Waals surface area contributed by atoms with Gasteiger partial charge in [-0.25, -0.2) is 4.68 Å². The van der Waals surface area contributed by atoms with Crippen LogP contribution in [0.1, 0.15) is 5.69 Å². The molecule has 0 unspecified atom stereocenters. The highest BCUT2D eigenvalue weighted by Crippen LogP contribution is 2.32. The van der Waals surface area contributed by atoms with Gasteiger partial charge in [-0.3, -0.25) is 10.1 Å². The van der Waals surface area contributed by atoms with Crippen LogP contribution in [0.2, 0.25) is 5.02 Å². The van der Waals surface area contributed by atoms with Gasteiger partial charge in [0.2, 0.25) is 0 Å². The number of hydrogen-bond donors (Lipinski definition) is 0. The first-order chi connectivity index (χ1) is 11.0. The van der Waals surface area contributed by atoms with Gasteiger partial charge in [0.1, 0.15) is 0 Å². The summed E-state index contributed by atoms with van der Waals surface area (Å²) in [6.07, 6.45) is 1.90. The van der Waals surface area contributed by atoms with Crippen LogP contribution in [-0.2, 0) is 0 Å². The molecular formula is C16H12ClN3O2S. The molecule has 5 nitrogen and oxygen atoms in total. The molecule has 23 heavy (non-hydrogen) atoms. The van der Waals surface area contributed by atoms with Gasteiger partial charge >= 0.3 is 0 Å². The normalized spacial score (nSPS) is 10.7. The molecule has 0 saturated carbocycles. The highest BCUT2D eigenvalue weighted by molar-refractivity contribution is 7.99. The Morgan fingerprint density at radius 1 is 1.22 bits per heavy atom. The summed E-state index contributed by atoms with van der Waals surface area (Å²) >= 11 is 7.58. The molecule has 1 aromatic heterocycles. The molecule has 0 radical (unpaired) electrons. The minimum absolute atomic E-state index is 0.0613. The van der Waals surface area contributed by atoms with Gasteiger partial charge in [-0.15, -0.1) is 0 Å². The van der Waals surface area contributed by atoms with Crippen LogP contribution in [0.3, 0.4) is 0 Å². The monoisotopic (exact) mass is 345 g/mol. The van der Waals surface area contributed by atoms with E-state index in [0.717, 1.165) is 21.2 Å². The van der Waals surface area contributed by atoms with E-state index < -0.39 is 4.92 Å². The third kappa shape index (κ3) is 3.55. The minimum Gasteiger partial charge on any atom is -0.258 e. The molecule has 0 bridgehead atoms. The van der Waals surface area contributed by atoms with Crippen LogP contribution < -0.4 is 0 Å². The molecule has 7 heteroatoms. The van der Waals surface area contributed by atoms with Crippen molar-refractivity contribution in [3.63, 3.8) is 0 Å². The van der Waals surface area contributed by atoms with Crippen LogP contribution in [0.15, 0.2) is 64.5 Å². The van der Waals surface area contributed by atoms with E-state index in [2.05, 4.69) is 5.10 Å². The lowest BCUT2D eigenvalue weighted by Gasteiger charge is -2.00. The Kier molecular flexibility index (Phi) is 4.36. The topological polar surface area (TPSA) is 61.0 Å². The lowest BCUT2D eigenvalue weighted by atomic mass is 10.3. The molecule has 1 heterocycles. The molecule has 0 N–H and O–H groups in total. The van der Waals surface area contributed by atoms with E-state index in [4.69, 9.17) is 11.6 Å². The van der Waals surface area contributed by atoms with Crippen molar-refractivity contribution in [2.24, 2.45) is 0 Å².